The first-order valence-corrected chi connectivity index (χ1v) is 6.09. The first-order valence-electron chi connectivity index (χ1n) is 6.09. The molecule has 0 aromatic carbocycles. The number of nitrogens with zero attached hydrogens (tertiary/aromatic N) is 1. The average molecular weight is 213 g/mol. The summed E-state index contributed by atoms with van der Waals surface area (Å²) >= 11 is 0. The molecule has 0 radical (unpaired) electrons. The molecule has 0 spiro atoms. The van der Waals surface area contributed by atoms with Crippen molar-refractivity contribution < 1.29 is 4.74 Å². The fourth-order valence-electron chi connectivity index (χ4n) is 2.35. The van der Waals surface area contributed by atoms with Gasteiger partial charge >= 0.3 is 0 Å². The molecular formula is C11H23N3O. The molecule has 0 bridgehead atoms. The van der Waals surface area contributed by atoms with Gasteiger partial charge in [0.25, 0.3) is 0 Å². The van der Waals surface area contributed by atoms with Crippen LogP contribution in [0.15, 0.2) is 0 Å². The van der Waals surface area contributed by atoms with Crippen LogP contribution in [0.4, 0.5) is 0 Å². The van der Waals surface area contributed by atoms with Gasteiger partial charge in [-0.25, -0.2) is 0 Å². The van der Waals surface area contributed by atoms with Gasteiger partial charge in [-0.2, -0.15) is 0 Å². The van der Waals surface area contributed by atoms with Crippen molar-refractivity contribution in [1.29, 1.82) is 0 Å². The van der Waals surface area contributed by atoms with Crippen molar-refractivity contribution in [2.75, 3.05) is 46.4 Å². The number of rotatable bonds is 4. The highest BCUT2D eigenvalue weighted by molar-refractivity contribution is 4.79. The Labute approximate surface area is 92.4 Å². The maximum absolute atomic E-state index is 5.57. The van der Waals surface area contributed by atoms with Crippen LogP contribution in [0.1, 0.15) is 12.8 Å². The minimum Gasteiger partial charge on any atom is -0.377 e. The van der Waals surface area contributed by atoms with E-state index in [0.29, 0.717) is 12.1 Å². The third-order valence-electron chi connectivity index (χ3n) is 3.25. The predicted molar refractivity (Wildman–Crippen MR) is 61.1 cm³/mol. The van der Waals surface area contributed by atoms with E-state index < -0.39 is 0 Å². The number of hydrogen-bond acceptors (Lipinski definition) is 4. The van der Waals surface area contributed by atoms with Crippen LogP contribution in [0, 0.1) is 0 Å². The third kappa shape index (κ3) is 3.72. The number of ether oxygens (including phenoxy) is 1. The summed E-state index contributed by atoms with van der Waals surface area (Å²) in [6, 6.07) is 0.602. The summed E-state index contributed by atoms with van der Waals surface area (Å²) in [5.74, 6) is 0. The zero-order valence-corrected chi connectivity index (χ0v) is 9.67. The lowest BCUT2D eigenvalue weighted by atomic mass is 10.2. The molecule has 2 unspecified atom stereocenters. The van der Waals surface area contributed by atoms with Crippen molar-refractivity contribution in [3.05, 3.63) is 0 Å². The molecule has 2 atom stereocenters. The summed E-state index contributed by atoms with van der Waals surface area (Å²) in [7, 11) is 2.19. The quantitative estimate of drug-likeness (QED) is 0.670. The molecule has 0 aromatic heterocycles. The van der Waals surface area contributed by atoms with Gasteiger partial charge in [-0.1, -0.05) is 0 Å². The molecule has 2 fully saturated rings. The van der Waals surface area contributed by atoms with E-state index in [9.17, 15) is 0 Å². The molecular weight excluding hydrogens is 190 g/mol. The van der Waals surface area contributed by atoms with Crippen molar-refractivity contribution in [1.82, 2.24) is 15.5 Å². The molecule has 2 heterocycles. The van der Waals surface area contributed by atoms with Crippen LogP contribution in [0.25, 0.3) is 0 Å². The molecule has 2 aliphatic heterocycles. The van der Waals surface area contributed by atoms with Crippen LogP contribution in [0.2, 0.25) is 0 Å². The fraction of sp³-hybridized carbons (Fsp3) is 1.00. The lowest BCUT2D eigenvalue weighted by Crippen LogP contribution is -2.53. The van der Waals surface area contributed by atoms with Crippen molar-refractivity contribution in [3.63, 3.8) is 0 Å². The highest BCUT2D eigenvalue weighted by atomic mass is 16.5. The second-order valence-corrected chi connectivity index (χ2v) is 4.71. The molecule has 0 saturated carbocycles. The van der Waals surface area contributed by atoms with Gasteiger partial charge in [0.1, 0.15) is 0 Å². The van der Waals surface area contributed by atoms with Gasteiger partial charge in [0.15, 0.2) is 0 Å². The Balaban J connectivity index is 1.56. The van der Waals surface area contributed by atoms with E-state index in [2.05, 4.69) is 22.6 Å². The Hall–Kier alpha value is -0.160. The molecule has 2 N–H and O–H groups in total. The normalized spacial score (nSPS) is 33.4. The molecule has 2 aliphatic rings. The SMILES string of the molecule is CN1CCNC(CNCC2CCCO2)C1. The molecule has 0 aliphatic carbocycles. The largest absolute Gasteiger partial charge is 0.377 e. The van der Waals surface area contributed by atoms with Crippen molar-refractivity contribution >= 4 is 0 Å². The summed E-state index contributed by atoms with van der Waals surface area (Å²) in [5, 5.41) is 7.03. The van der Waals surface area contributed by atoms with E-state index >= 15 is 0 Å². The maximum atomic E-state index is 5.57. The van der Waals surface area contributed by atoms with E-state index in [1.165, 1.54) is 19.4 Å². The lowest BCUT2D eigenvalue weighted by molar-refractivity contribution is 0.108. The zero-order chi connectivity index (χ0) is 10.5. The second kappa shape index (κ2) is 5.80. The van der Waals surface area contributed by atoms with Crippen molar-refractivity contribution in [3.8, 4) is 0 Å². The van der Waals surface area contributed by atoms with E-state index in [1.807, 2.05) is 0 Å². The maximum Gasteiger partial charge on any atom is 0.0700 e. The molecule has 88 valence electrons. The van der Waals surface area contributed by atoms with Gasteiger partial charge < -0.3 is 20.3 Å². The summed E-state index contributed by atoms with van der Waals surface area (Å²) in [5.41, 5.74) is 0. The van der Waals surface area contributed by atoms with Crippen LogP contribution in [0.3, 0.4) is 0 Å². The summed E-state index contributed by atoms with van der Waals surface area (Å²) in [6.45, 7) is 6.46. The van der Waals surface area contributed by atoms with Crippen molar-refractivity contribution in [2.24, 2.45) is 0 Å². The third-order valence-corrected chi connectivity index (χ3v) is 3.25. The van der Waals surface area contributed by atoms with Crippen LogP contribution in [-0.4, -0.2) is 63.4 Å². The second-order valence-electron chi connectivity index (χ2n) is 4.71. The van der Waals surface area contributed by atoms with Gasteiger partial charge in [-0.15, -0.1) is 0 Å². The van der Waals surface area contributed by atoms with E-state index in [-0.39, 0.29) is 0 Å². The Kier molecular flexibility index (Phi) is 4.38. The zero-order valence-electron chi connectivity index (χ0n) is 9.67. The topological polar surface area (TPSA) is 36.5 Å². The Morgan fingerprint density at radius 2 is 2.40 bits per heavy atom. The van der Waals surface area contributed by atoms with Gasteiger partial charge in [-0.3, -0.25) is 0 Å². The standard InChI is InChI=1S/C11H23N3O/c1-14-5-4-13-10(9-14)7-12-8-11-3-2-6-15-11/h10-13H,2-9H2,1H3. The average Bonchev–Trinajstić information content (AvgIpc) is 2.71. The lowest BCUT2D eigenvalue weighted by Gasteiger charge is -2.31. The highest BCUT2D eigenvalue weighted by Gasteiger charge is 2.18. The number of piperazine rings is 1. The molecule has 4 heteroatoms. The smallest absolute Gasteiger partial charge is 0.0700 e. The van der Waals surface area contributed by atoms with Gasteiger partial charge in [0.05, 0.1) is 6.10 Å². The van der Waals surface area contributed by atoms with Crippen LogP contribution >= 0.6 is 0 Å². The Morgan fingerprint density at radius 1 is 1.47 bits per heavy atom. The highest BCUT2D eigenvalue weighted by Crippen LogP contribution is 2.10. The fourth-order valence-corrected chi connectivity index (χ4v) is 2.35. The van der Waals surface area contributed by atoms with Crippen LogP contribution < -0.4 is 10.6 Å². The monoisotopic (exact) mass is 213 g/mol. The minimum absolute atomic E-state index is 0.464. The molecule has 0 aromatic rings. The van der Waals surface area contributed by atoms with Crippen LogP contribution in [-0.2, 0) is 4.74 Å². The van der Waals surface area contributed by atoms with Gasteiger partial charge in [0, 0.05) is 45.4 Å². The van der Waals surface area contributed by atoms with E-state index in [0.717, 1.165) is 32.8 Å². The molecule has 2 rings (SSSR count). The molecule has 15 heavy (non-hydrogen) atoms. The Morgan fingerprint density at radius 3 is 3.13 bits per heavy atom. The van der Waals surface area contributed by atoms with E-state index in [1.54, 1.807) is 0 Å². The predicted octanol–water partition coefficient (Wildman–Crippen LogP) is -0.341. The van der Waals surface area contributed by atoms with Crippen molar-refractivity contribution in [2.45, 2.75) is 25.0 Å². The minimum atomic E-state index is 0.464. The summed E-state index contributed by atoms with van der Waals surface area (Å²) in [4.78, 5) is 2.38. The molecule has 4 nitrogen and oxygen atoms in total. The molecule has 0 amide bonds. The van der Waals surface area contributed by atoms with E-state index in [4.69, 9.17) is 4.74 Å². The Bertz CT molecular complexity index is 183. The number of nitrogens with one attached hydrogen (secondary N) is 2. The van der Waals surface area contributed by atoms with Gasteiger partial charge in [0.2, 0.25) is 0 Å². The summed E-state index contributed by atoms with van der Waals surface area (Å²) < 4.78 is 5.57. The van der Waals surface area contributed by atoms with Crippen LogP contribution in [0.5, 0.6) is 0 Å². The number of hydrogen-bond donors (Lipinski definition) is 2. The summed E-state index contributed by atoms with van der Waals surface area (Å²) in [6.07, 6.45) is 2.92. The first-order chi connectivity index (χ1) is 7.34. The number of likely N-dealkylation sites (N-methyl/N-ethyl adjacent to an activating group) is 1. The van der Waals surface area contributed by atoms with Gasteiger partial charge in [-0.05, 0) is 19.9 Å². The molecule has 2 saturated heterocycles. The first kappa shape index (κ1) is 11.3.